The molecule has 0 radical (unpaired) electrons. The van der Waals surface area contributed by atoms with Gasteiger partial charge in [-0.05, 0) is 57.9 Å². The summed E-state index contributed by atoms with van der Waals surface area (Å²) in [6.07, 6.45) is 1.88. The summed E-state index contributed by atoms with van der Waals surface area (Å²) in [6, 6.07) is 22.4. The van der Waals surface area contributed by atoms with Crippen LogP contribution in [0, 0.1) is 0 Å². The van der Waals surface area contributed by atoms with E-state index in [1.165, 1.54) is 22.5 Å². The number of amides is 1. The van der Waals surface area contributed by atoms with Gasteiger partial charge in [0.25, 0.3) is 5.91 Å². The summed E-state index contributed by atoms with van der Waals surface area (Å²) in [5, 5.41) is 3.15. The maximum absolute atomic E-state index is 12.2. The van der Waals surface area contributed by atoms with E-state index in [1.54, 1.807) is 19.0 Å². The molecule has 140 valence electrons. The van der Waals surface area contributed by atoms with Gasteiger partial charge in [-0.3, -0.25) is 14.7 Å². The molecule has 1 fully saturated rings. The van der Waals surface area contributed by atoms with E-state index in [0.29, 0.717) is 16.7 Å². The van der Waals surface area contributed by atoms with Crippen molar-refractivity contribution < 1.29 is 9.53 Å². The zero-order chi connectivity index (χ0) is 19.5. The van der Waals surface area contributed by atoms with Gasteiger partial charge in [0, 0.05) is 14.1 Å². The molecule has 0 atom stereocenters. The first-order valence-electron chi connectivity index (χ1n) is 8.99. The Kier molecular flexibility index (Phi) is 5.17. The molecule has 1 aliphatic heterocycles. The zero-order valence-electron chi connectivity index (χ0n) is 15.8. The molecule has 4 nitrogen and oxygen atoms in total. The first-order valence-corrected chi connectivity index (χ1v) is 9.80. The van der Waals surface area contributed by atoms with E-state index in [1.807, 2.05) is 42.5 Å². The second kappa shape index (κ2) is 7.90. The number of fused-ring (bicyclic) bond motifs is 1. The van der Waals surface area contributed by atoms with Gasteiger partial charge in [0.15, 0.2) is 5.17 Å². The number of thioether (sulfide) groups is 1. The van der Waals surface area contributed by atoms with E-state index in [2.05, 4.69) is 35.3 Å². The molecule has 5 heteroatoms. The number of hydrogen-bond donors (Lipinski definition) is 0. The Hall–Kier alpha value is -3.05. The van der Waals surface area contributed by atoms with Crippen LogP contribution in [0.4, 0.5) is 0 Å². The van der Waals surface area contributed by atoms with Crippen LogP contribution in [-0.4, -0.2) is 30.1 Å². The smallest absolute Gasteiger partial charge is 0.266 e. The number of aliphatic imine (C=N–C) groups is 1. The first kappa shape index (κ1) is 18.3. The second-order valence-electron chi connectivity index (χ2n) is 6.52. The molecule has 0 unspecified atom stereocenters. The third-order valence-corrected chi connectivity index (χ3v) is 5.74. The van der Waals surface area contributed by atoms with Gasteiger partial charge >= 0.3 is 0 Å². The highest BCUT2D eigenvalue weighted by Gasteiger charge is 2.29. The van der Waals surface area contributed by atoms with Crippen LogP contribution in [0.1, 0.15) is 11.1 Å². The maximum Gasteiger partial charge on any atom is 0.266 e. The average molecular weight is 388 g/mol. The maximum atomic E-state index is 12.2. The minimum Gasteiger partial charge on any atom is -0.489 e. The molecule has 1 saturated heterocycles. The predicted molar refractivity (Wildman–Crippen MR) is 116 cm³/mol. The highest BCUT2D eigenvalue weighted by Crippen LogP contribution is 2.31. The Bertz CT molecular complexity index is 1090. The molecule has 0 spiro atoms. The van der Waals surface area contributed by atoms with Crippen molar-refractivity contribution in [2.24, 2.45) is 4.99 Å². The normalized spacial score (nSPS) is 17.1. The van der Waals surface area contributed by atoms with E-state index in [0.717, 1.165) is 16.9 Å². The molecular formula is C23H20N2O2S. The Morgan fingerprint density at radius 3 is 2.50 bits per heavy atom. The predicted octanol–water partition coefficient (Wildman–Crippen LogP) is 4.95. The van der Waals surface area contributed by atoms with E-state index in [-0.39, 0.29) is 5.91 Å². The van der Waals surface area contributed by atoms with Crippen LogP contribution < -0.4 is 4.74 Å². The SMILES string of the molecule is CN=C1S/C(=C/c2ccc(OCc3ccc4ccccc4c3)cc2)C(=O)N1C. The van der Waals surface area contributed by atoms with Crippen molar-refractivity contribution in [3.63, 3.8) is 0 Å². The molecule has 0 bridgehead atoms. The lowest BCUT2D eigenvalue weighted by molar-refractivity contribution is -0.121. The molecule has 1 amide bonds. The molecule has 28 heavy (non-hydrogen) atoms. The second-order valence-corrected chi connectivity index (χ2v) is 7.53. The summed E-state index contributed by atoms with van der Waals surface area (Å²) in [6.45, 7) is 0.515. The van der Waals surface area contributed by atoms with Crippen molar-refractivity contribution in [2.45, 2.75) is 6.61 Å². The Balaban J connectivity index is 1.43. The molecule has 0 N–H and O–H groups in total. The van der Waals surface area contributed by atoms with E-state index in [9.17, 15) is 4.79 Å². The highest BCUT2D eigenvalue weighted by molar-refractivity contribution is 8.18. The van der Waals surface area contributed by atoms with Gasteiger partial charge in [-0.1, -0.05) is 48.5 Å². The molecule has 1 heterocycles. The summed E-state index contributed by atoms with van der Waals surface area (Å²) < 4.78 is 5.92. The van der Waals surface area contributed by atoms with Crippen LogP contribution in [0.3, 0.4) is 0 Å². The number of carbonyl (C=O) groups is 1. The number of likely N-dealkylation sites (N-methyl/N-ethyl adjacent to an activating group) is 1. The van der Waals surface area contributed by atoms with Crippen molar-refractivity contribution >= 4 is 39.7 Å². The fraction of sp³-hybridized carbons (Fsp3) is 0.130. The number of nitrogens with zero attached hydrogens (tertiary/aromatic N) is 2. The van der Waals surface area contributed by atoms with Crippen LogP contribution in [-0.2, 0) is 11.4 Å². The summed E-state index contributed by atoms with van der Waals surface area (Å²) in [5.74, 6) is 0.774. The number of rotatable bonds is 4. The van der Waals surface area contributed by atoms with Crippen molar-refractivity contribution in [2.75, 3.05) is 14.1 Å². The van der Waals surface area contributed by atoms with E-state index >= 15 is 0 Å². The Morgan fingerprint density at radius 1 is 1.04 bits per heavy atom. The lowest BCUT2D eigenvalue weighted by Gasteiger charge is -2.08. The fourth-order valence-electron chi connectivity index (χ4n) is 3.06. The molecule has 4 rings (SSSR count). The van der Waals surface area contributed by atoms with Gasteiger partial charge in [0.05, 0.1) is 4.91 Å². The van der Waals surface area contributed by atoms with E-state index < -0.39 is 0 Å². The molecule has 1 aliphatic rings. The molecule has 0 aromatic heterocycles. The van der Waals surface area contributed by atoms with E-state index in [4.69, 9.17) is 4.74 Å². The molecule has 0 aliphatic carbocycles. The number of hydrogen-bond acceptors (Lipinski definition) is 4. The van der Waals surface area contributed by atoms with Crippen molar-refractivity contribution in [1.82, 2.24) is 4.90 Å². The topological polar surface area (TPSA) is 41.9 Å². The number of amidine groups is 1. The van der Waals surface area contributed by atoms with Crippen molar-refractivity contribution in [3.05, 3.63) is 82.8 Å². The standard InChI is InChI=1S/C23H20N2O2S/c1-24-23-25(2)22(26)21(28-23)14-16-8-11-20(12-9-16)27-15-17-7-10-18-5-3-4-6-19(18)13-17/h3-14H,15H2,1-2H3/b21-14+,24-23?. The number of carbonyl (C=O) groups excluding carboxylic acids is 1. The molecule has 0 saturated carbocycles. The van der Waals surface area contributed by atoms with Crippen molar-refractivity contribution in [3.8, 4) is 5.75 Å². The number of benzene rings is 3. The van der Waals surface area contributed by atoms with Gasteiger partial charge < -0.3 is 4.74 Å². The largest absolute Gasteiger partial charge is 0.489 e. The van der Waals surface area contributed by atoms with Gasteiger partial charge in [-0.15, -0.1) is 0 Å². The quantitative estimate of drug-likeness (QED) is 0.594. The molecule has 3 aromatic rings. The average Bonchev–Trinajstić information content (AvgIpc) is 3.01. The van der Waals surface area contributed by atoms with Crippen LogP contribution in [0.5, 0.6) is 5.75 Å². The highest BCUT2D eigenvalue weighted by atomic mass is 32.2. The minimum absolute atomic E-state index is 0.0257. The van der Waals surface area contributed by atoms with Gasteiger partial charge in [-0.2, -0.15) is 0 Å². The Labute approximate surface area is 168 Å². The van der Waals surface area contributed by atoms with Crippen LogP contribution in [0.2, 0.25) is 0 Å². The summed E-state index contributed by atoms with van der Waals surface area (Å²) >= 11 is 1.39. The Morgan fingerprint density at radius 2 is 1.79 bits per heavy atom. The van der Waals surface area contributed by atoms with Gasteiger partial charge in [0.2, 0.25) is 0 Å². The molecule has 3 aromatic carbocycles. The fourth-order valence-corrected chi connectivity index (χ4v) is 3.98. The van der Waals surface area contributed by atoms with Crippen molar-refractivity contribution in [1.29, 1.82) is 0 Å². The third-order valence-electron chi connectivity index (χ3n) is 4.59. The first-order chi connectivity index (χ1) is 13.6. The van der Waals surface area contributed by atoms with Crippen LogP contribution >= 0.6 is 11.8 Å². The summed E-state index contributed by atoms with van der Waals surface area (Å²) in [5.41, 5.74) is 2.09. The lowest BCUT2D eigenvalue weighted by atomic mass is 10.1. The third kappa shape index (κ3) is 3.80. The lowest BCUT2D eigenvalue weighted by Crippen LogP contribution is -2.23. The van der Waals surface area contributed by atoms with Crippen LogP contribution in [0.25, 0.3) is 16.8 Å². The number of ether oxygens (including phenoxy) is 1. The summed E-state index contributed by atoms with van der Waals surface area (Å²) in [7, 11) is 3.43. The zero-order valence-corrected chi connectivity index (χ0v) is 16.6. The minimum atomic E-state index is -0.0257. The van der Waals surface area contributed by atoms with Gasteiger partial charge in [-0.25, -0.2) is 0 Å². The summed E-state index contributed by atoms with van der Waals surface area (Å²) in [4.78, 5) is 18.6. The monoisotopic (exact) mass is 388 g/mol. The molecular weight excluding hydrogens is 368 g/mol. The van der Waals surface area contributed by atoms with Crippen LogP contribution in [0.15, 0.2) is 76.6 Å². The van der Waals surface area contributed by atoms with Gasteiger partial charge in [0.1, 0.15) is 12.4 Å².